The van der Waals surface area contributed by atoms with Gasteiger partial charge in [0.05, 0.1) is 10.6 Å². The van der Waals surface area contributed by atoms with Gasteiger partial charge in [0.2, 0.25) is 11.8 Å². The average Bonchev–Trinajstić information content (AvgIpc) is 3.03. The van der Waals surface area contributed by atoms with Crippen LogP contribution < -0.4 is 9.62 Å². The predicted octanol–water partition coefficient (Wildman–Crippen LogP) is 6.19. The van der Waals surface area contributed by atoms with Crippen LogP contribution in [0.15, 0.2) is 108 Å². The summed E-state index contributed by atoms with van der Waals surface area (Å²) in [6, 6.07) is 27.5. The SMILES string of the molecule is CCCCNC(=O)[C@@H](Cc1ccccc1)N(Cc1ccc(F)cc1)C(=O)CN(c1ccc(C)cc1C)S(=O)(=O)c1ccccc1. The molecular weight excluding hydrogens is 589 g/mol. The van der Waals surface area contributed by atoms with Gasteiger partial charge in [0.1, 0.15) is 18.4 Å². The molecule has 0 bridgehead atoms. The van der Waals surface area contributed by atoms with E-state index in [4.69, 9.17) is 0 Å². The molecule has 1 N–H and O–H groups in total. The monoisotopic (exact) mass is 629 g/mol. The molecule has 236 valence electrons. The summed E-state index contributed by atoms with van der Waals surface area (Å²) < 4.78 is 43.2. The summed E-state index contributed by atoms with van der Waals surface area (Å²) in [5.74, 6) is -1.33. The zero-order valence-electron chi connectivity index (χ0n) is 25.9. The minimum absolute atomic E-state index is 0.0239. The summed E-state index contributed by atoms with van der Waals surface area (Å²) in [4.78, 5) is 29.7. The molecular formula is C36H40FN3O4S. The van der Waals surface area contributed by atoms with Crippen molar-refractivity contribution in [1.82, 2.24) is 10.2 Å². The molecule has 4 aromatic carbocycles. The summed E-state index contributed by atoms with van der Waals surface area (Å²) >= 11 is 0. The van der Waals surface area contributed by atoms with E-state index in [-0.39, 0.29) is 23.8 Å². The van der Waals surface area contributed by atoms with E-state index < -0.39 is 34.3 Å². The van der Waals surface area contributed by atoms with E-state index in [9.17, 15) is 22.4 Å². The van der Waals surface area contributed by atoms with Crippen LogP contribution in [0.1, 0.15) is 42.0 Å². The Morgan fingerprint density at radius 1 is 0.844 bits per heavy atom. The highest BCUT2D eigenvalue weighted by atomic mass is 32.2. The Balaban J connectivity index is 1.80. The number of carbonyl (C=O) groups excluding carboxylic acids is 2. The van der Waals surface area contributed by atoms with E-state index in [1.807, 2.05) is 50.2 Å². The zero-order chi connectivity index (χ0) is 32.4. The second kappa shape index (κ2) is 15.5. The number of halogens is 1. The number of aryl methyl sites for hydroxylation is 2. The molecule has 1 atom stereocenters. The van der Waals surface area contributed by atoms with Crippen molar-refractivity contribution in [2.75, 3.05) is 17.4 Å². The van der Waals surface area contributed by atoms with Gasteiger partial charge in [0, 0.05) is 19.5 Å². The van der Waals surface area contributed by atoms with E-state index in [0.717, 1.165) is 28.3 Å². The molecule has 45 heavy (non-hydrogen) atoms. The number of hydrogen-bond donors (Lipinski definition) is 1. The maximum absolute atomic E-state index is 14.5. The molecule has 0 aromatic heterocycles. The minimum atomic E-state index is -4.18. The minimum Gasteiger partial charge on any atom is -0.354 e. The Bertz CT molecular complexity index is 1680. The summed E-state index contributed by atoms with van der Waals surface area (Å²) in [5, 5.41) is 2.97. The van der Waals surface area contributed by atoms with Gasteiger partial charge in [-0.3, -0.25) is 13.9 Å². The van der Waals surface area contributed by atoms with Crippen LogP contribution in [0.2, 0.25) is 0 Å². The Morgan fingerprint density at radius 2 is 1.49 bits per heavy atom. The molecule has 4 aromatic rings. The molecule has 0 spiro atoms. The Hall–Kier alpha value is -4.50. The fourth-order valence-corrected chi connectivity index (χ4v) is 6.66. The van der Waals surface area contributed by atoms with Crippen molar-refractivity contribution in [3.05, 3.63) is 131 Å². The largest absolute Gasteiger partial charge is 0.354 e. The van der Waals surface area contributed by atoms with Crippen molar-refractivity contribution < 1.29 is 22.4 Å². The molecule has 0 saturated heterocycles. The summed E-state index contributed by atoms with van der Waals surface area (Å²) in [5.41, 5.74) is 3.45. The van der Waals surface area contributed by atoms with Crippen LogP contribution in [0.25, 0.3) is 0 Å². The van der Waals surface area contributed by atoms with Crippen molar-refractivity contribution in [3.63, 3.8) is 0 Å². The molecule has 0 aliphatic carbocycles. The highest BCUT2D eigenvalue weighted by molar-refractivity contribution is 7.92. The maximum atomic E-state index is 14.5. The fraction of sp³-hybridized carbons (Fsp3) is 0.278. The molecule has 7 nitrogen and oxygen atoms in total. The van der Waals surface area contributed by atoms with Crippen molar-refractivity contribution in [2.45, 2.75) is 57.5 Å². The quantitative estimate of drug-likeness (QED) is 0.169. The summed E-state index contributed by atoms with van der Waals surface area (Å²) in [6.45, 7) is 5.60. The lowest BCUT2D eigenvalue weighted by Gasteiger charge is -2.34. The number of rotatable bonds is 14. The Labute approximate surface area is 265 Å². The standard InChI is InChI=1S/C36H40FN3O4S/c1-4-5-22-38-36(42)34(24-29-12-8-6-9-13-29)39(25-30-17-19-31(37)20-18-30)35(41)26-40(33-21-16-27(2)23-28(33)3)45(43,44)32-14-10-7-11-15-32/h6-21,23,34H,4-5,22,24-26H2,1-3H3,(H,38,42)/t34-/m1/s1. The highest BCUT2D eigenvalue weighted by Gasteiger charge is 2.35. The Morgan fingerprint density at radius 3 is 2.11 bits per heavy atom. The van der Waals surface area contributed by atoms with Crippen LogP contribution in [0.3, 0.4) is 0 Å². The summed E-state index contributed by atoms with van der Waals surface area (Å²) in [6.07, 6.45) is 1.86. The molecule has 0 saturated carbocycles. The van der Waals surface area contributed by atoms with Gasteiger partial charge in [-0.05, 0) is 67.3 Å². The lowest BCUT2D eigenvalue weighted by Crippen LogP contribution is -2.53. The van der Waals surface area contributed by atoms with Gasteiger partial charge in [0.25, 0.3) is 10.0 Å². The number of benzene rings is 4. The topological polar surface area (TPSA) is 86.8 Å². The smallest absolute Gasteiger partial charge is 0.264 e. The third-order valence-electron chi connectivity index (χ3n) is 7.60. The molecule has 4 rings (SSSR count). The average molecular weight is 630 g/mol. The normalized spacial score (nSPS) is 11.9. The van der Waals surface area contributed by atoms with Gasteiger partial charge in [-0.1, -0.05) is 91.7 Å². The van der Waals surface area contributed by atoms with Gasteiger partial charge >= 0.3 is 0 Å². The number of amides is 2. The zero-order valence-corrected chi connectivity index (χ0v) is 26.8. The second-order valence-corrected chi connectivity index (χ2v) is 13.0. The number of unbranched alkanes of at least 4 members (excludes halogenated alkanes) is 1. The third kappa shape index (κ3) is 8.79. The van der Waals surface area contributed by atoms with Gasteiger partial charge in [0.15, 0.2) is 0 Å². The van der Waals surface area contributed by atoms with E-state index >= 15 is 0 Å². The molecule has 9 heteroatoms. The van der Waals surface area contributed by atoms with Crippen molar-refractivity contribution in [1.29, 1.82) is 0 Å². The Kier molecular flexibility index (Phi) is 11.5. The number of hydrogen-bond acceptors (Lipinski definition) is 4. The van der Waals surface area contributed by atoms with Gasteiger partial charge < -0.3 is 10.2 Å². The first-order valence-electron chi connectivity index (χ1n) is 15.1. The van der Waals surface area contributed by atoms with Crippen LogP contribution in [0, 0.1) is 19.7 Å². The molecule has 0 fully saturated rings. The highest BCUT2D eigenvalue weighted by Crippen LogP contribution is 2.28. The molecule has 0 radical (unpaired) electrons. The van der Waals surface area contributed by atoms with E-state index in [0.29, 0.717) is 23.4 Å². The fourth-order valence-electron chi connectivity index (χ4n) is 5.16. The first kappa shape index (κ1) is 33.4. The lowest BCUT2D eigenvalue weighted by molar-refractivity contribution is -0.140. The van der Waals surface area contributed by atoms with Crippen LogP contribution >= 0.6 is 0 Å². The van der Waals surface area contributed by atoms with Crippen molar-refractivity contribution >= 4 is 27.5 Å². The van der Waals surface area contributed by atoms with Crippen LogP contribution in [-0.4, -0.2) is 44.3 Å². The molecule has 0 aliphatic rings. The van der Waals surface area contributed by atoms with Crippen LogP contribution in [0.4, 0.5) is 10.1 Å². The number of sulfonamides is 1. The molecule has 0 unspecified atom stereocenters. The second-order valence-electron chi connectivity index (χ2n) is 11.1. The van der Waals surface area contributed by atoms with E-state index in [2.05, 4.69) is 5.32 Å². The molecule has 0 heterocycles. The van der Waals surface area contributed by atoms with Crippen LogP contribution in [-0.2, 0) is 32.6 Å². The molecule has 0 aliphatic heterocycles. The first-order valence-corrected chi connectivity index (χ1v) is 16.5. The van der Waals surface area contributed by atoms with E-state index in [1.165, 1.54) is 29.2 Å². The number of nitrogens with zero attached hydrogens (tertiary/aromatic N) is 2. The van der Waals surface area contributed by atoms with Gasteiger partial charge in [-0.2, -0.15) is 0 Å². The maximum Gasteiger partial charge on any atom is 0.264 e. The van der Waals surface area contributed by atoms with E-state index in [1.54, 1.807) is 49.4 Å². The van der Waals surface area contributed by atoms with Crippen molar-refractivity contribution in [2.24, 2.45) is 0 Å². The van der Waals surface area contributed by atoms with Crippen molar-refractivity contribution in [3.8, 4) is 0 Å². The number of anilines is 1. The summed E-state index contributed by atoms with van der Waals surface area (Å²) in [7, 11) is -4.18. The van der Waals surface area contributed by atoms with Gasteiger partial charge in [-0.25, -0.2) is 12.8 Å². The van der Waals surface area contributed by atoms with Crippen LogP contribution in [0.5, 0.6) is 0 Å². The number of nitrogens with one attached hydrogen (secondary N) is 1. The molecule has 2 amide bonds. The first-order chi connectivity index (χ1) is 21.6. The van der Waals surface area contributed by atoms with Gasteiger partial charge in [-0.15, -0.1) is 0 Å². The predicted molar refractivity (Wildman–Crippen MR) is 176 cm³/mol. The number of carbonyl (C=O) groups is 2. The third-order valence-corrected chi connectivity index (χ3v) is 9.37. The lowest BCUT2D eigenvalue weighted by atomic mass is 10.0.